The highest BCUT2D eigenvalue weighted by Gasteiger charge is 2.23. The van der Waals surface area contributed by atoms with Gasteiger partial charge in [-0.1, -0.05) is 64.3 Å². The lowest BCUT2D eigenvalue weighted by molar-refractivity contribution is 0.461. The van der Waals surface area contributed by atoms with Crippen LogP contribution in [0.4, 0.5) is 0 Å². The average Bonchev–Trinajstić information content (AvgIpc) is 3.20. The van der Waals surface area contributed by atoms with Crippen LogP contribution < -0.4 is 0 Å². The van der Waals surface area contributed by atoms with Gasteiger partial charge in [-0.3, -0.25) is 4.98 Å². The van der Waals surface area contributed by atoms with E-state index < -0.39 is 0 Å². The van der Waals surface area contributed by atoms with E-state index in [0.29, 0.717) is 5.92 Å². The summed E-state index contributed by atoms with van der Waals surface area (Å²) < 4.78 is 0. The SMILES string of the molecule is Cc1cc(-c2cc3ccc(C(C)C4CCCC4)cc3cn2)cc(C(C)(C)C)c1. The first-order valence-electron chi connectivity index (χ1n) is 10.8. The molecule has 1 heterocycles. The molecule has 0 N–H and O–H groups in total. The van der Waals surface area contributed by atoms with Gasteiger partial charge < -0.3 is 0 Å². The normalized spacial score (nSPS) is 16.6. The number of hydrogen-bond acceptors (Lipinski definition) is 1. The summed E-state index contributed by atoms with van der Waals surface area (Å²) in [6.07, 6.45) is 7.65. The maximum absolute atomic E-state index is 4.84. The van der Waals surface area contributed by atoms with E-state index in [0.717, 1.165) is 11.6 Å². The van der Waals surface area contributed by atoms with E-state index in [4.69, 9.17) is 4.98 Å². The number of rotatable bonds is 3. The van der Waals surface area contributed by atoms with Gasteiger partial charge in [-0.25, -0.2) is 0 Å². The molecule has 3 aromatic rings. The molecule has 28 heavy (non-hydrogen) atoms. The van der Waals surface area contributed by atoms with Gasteiger partial charge in [0.05, 0.1) is 5.69 Å². The van der Waals surface area contributed by atoms with E-state index >= 15 is 0 Å². The topological polar surface area (TPSA) is 12.9 Å². The third kappa shape index (κ3) is 3.85. The van der Waals surface area contributed by atoms with Crippen LogP contribution in [-0.4, -0.2) is 4.98 Å². The number of aryl methyl sites for hydroxylation is 1. The molecular formula is C27H33N. The minimum Gasteiger partial charge on any atom is -0.256 e. The molecule has 1 unspecified atom stereocenters. The van der Waals surface area contributed by atoms with Crippen LogP contribution in [0.5, 0.6) is 0 Å². The Morgan fingerprint density at radius 3 is 2.39 bits per heavy atom. The summed E-state index contributed by atoms with van der Waals surface area (Å²) in [5, 5.41) is 2.54. The maximum Gasteiger partial charge on any atom is 0.0708 e. The second-order valence-electron chi connectivity index (χ2n) is 9.85. The number of pyridine rings is 1. The molecule has 1 nitrogen and oxygen atoms in total. The van der Waals surface area contributed by atoms with Crippen LogP contribution in [0.25, 0.3) is 22.0 Å². The molecule has 1 aliphatic carbocycles. The number of fused-ring (bicyclic) bond motifs is 1. The van der Waals surface area contributed by atoms with Crippen molar-refractivity contribution < 1.29 is 0 Å². The molecule has 0 aliphatic heterocycles. The van der Waals surface area contributed by atoms with Gasteiger partial charge in [0, 0.05) is 17.1 Å². The second-order valence-corrected chi connectivity index (χ2v) is 9.85. The summed E-state index contributed by atoms with van der Waals surface area (Å²) in [6, 6.07) is 16.1. The molecule has 0 bridgehead atoms. The van der Waals surface area contributed by atoms with Crippen molar-refractivity contribution >= 4 is 10.8 Å². The van der Waals surface area contributed by atoms with Crippen LogP contribution >= 0.6 is 0 Å². The van der Waals surface area contributed by atoms with Gasteiger partial charge in [-0.15, -0.1) is 0 Å². The Kier molecular flexibility index (Phi) is 5.04. The molecule has 0 saturated heterocycles. The predicted molar refractivity (Wildman–Crippen MR) is 121 cm³/mol. The minimum atomic E-state index is 0.142. The van der Waals surface area contributed by atoms with Crippen LogP contribution in [0.3, 0.4) is 0 Å². The number of aromatic nitrogens is 1. The molecule has 2 aromatic carbocycles. The van der Waals surface area contributed by atoms with Crippen molar-refractivity contribution in [3.8, 4) is 11.3 Å². The van der Waals surface area contributed by atoms with Crippen LogP contribution in [0.15, 0.2) is 48.7 Å². The van der Waals surface area contributed by atoms with Crippen LogP contribution in [-0.2, 0) is 5.41 Å². The highest BCUT2D eigenvalue weighted by molar-refractivity contribution is 5.86. The number of hydrogen-bond donors (Lipinski definition) is 0. The third-order valence-corrected chi connectivity index (χ3v) is 6.62. The first kappa shape index (κ1) is 19.2. The summed E-state index contributed by atoms with van der Waals surface area (Å²) in [5.74, 6) is 1.51. The fourth-order valence-electron chi connectivity index (χ4n) is 4.69. The molecule has 1 aromatic heterocycles. The Bertz CT molecular complexity index is 987. The highest BCUT2D eigenvalue weighted by atomic mass is 14.7. The van der Waals surface area contributed by atoms with E-state index in [1.54, 1.807) is 0 Å². The van der Waals surface area contributed by atoms with Gasteiger partial charge in [-0.2, -0.15) is 0 Å². The van der Waals surface area contributed by atoms with E-state index in [1.807, 2.05) is 0 Å². The van der Waals surface area contributed by atoms with Gasteiger partial charge in [0.1, 0.15) is 0 Å². The van der Waals surface area contributed by atoms with Gasteiger partial charge in [0.2, 0.25) is 0 Å². The summed E-state index contributed by atoms with van der Waals surface area (Å²) in [7, 11) is 0. The molecular weight excluding hydrogens is 338 g/mol. The maximum atomic E-state index is 4.84. The monoisotopic (exact) mass is 371 g/mol. The zero-order valence-electron chi connectivity index (χ0n) is 18.0. The van der Waals surface area contributed by atoms with Crippen molar-refractivity contribution in [3.05, 3.63) is 65.4 Å². The zero-order chi connectivity index (χ0) is 19.9. The molecule has 1 heteroatoms. The molecule has 4 rings (SSSR count). The fraction of sp³-hybridized carbons (Fsp3) is 0.444. The Hall–Kier alpha value is -2.15. The average molecular weight is 372 g/mol. The molecule has 0 amide bonds. The summed E-state index contributed by atoms with van der Waals surface area (Å²) in [4.78, 5) is 4.84. The fourth-order valence-corrected chi connectivity index (χ4v) is 4.69. The van der Waals surface area contributed by atoms with E-state index in [1.165, 1.54) is 58.7 Å². The number of nitrogens with zero attached hydrogens (tertiary/aromatic N) is 1. The first-order valence-corrected chi connectivity index (χ1v) is 10.8. The van der Waals surface area contributed by atoms with E-state index in [9.17, 15) is 0 Å². The van der Waals surface area contributed by atoms with Crippen molar-refractivity contribution in [2.75, 3.05) is 0 Å². The van der Waals surface area contributed by atoms with Crippen LogP contribution in [0, 0.1) is 12.8 Å². The molecule has 1 aliphatic rings. The van der Waals surface area contributed by atoms with Gasteiger partial charge in [0.25, 0.3) is 0 Å². The number of benzene rings is 2. The smallest absolute Gasteiger partial charge is 0.0708 e. The lowest BCUT2D eigenvalue weighted by Gasteiger charge is -2.21. The Balaban J connectivity index is 1.69. The minimum absolute atomic E-state index is 0.142. The largest absolute Gasteiger partial charge is 0.256 e. The summed E-state index contributed by atoms with van der Waals surface area (Å²) in [6.45, 7) is 11.4. The van der Waals surface area contributed by atoms with Crippen molar-refractivity contribution in [2.45, 2.75) is 71.6 Å². The summed E-state index contributed by atoms with van der Waals surface area (Å²) in [5.41, 5.74) is 6.56. The lowest BCUT2D eigenvalue weighted by Crippen LogP contribution is -2.11. The van der Waals surface area contributed by atoms with Crippen molar-refractivity contribution in [3.63, 3.8) is 0 Å². The van der Waals surface area contributed by atoms with Gasteiger partial charge in [-0.05, 0) is 77.8 Å². The molecule has 1 fully saturated rings. The summed E-state index contributed by atoms with van der Waals surface area (Å²) >= 11 is 0. The molecule has 146 valence electrons. The van der Waals surface area contributed by atoms with E-state index in [-0.39, 0.29) is 5.41 Å². The molecule has 0 spiro atoms. The molecule has 1 saturated carbocycles. The van der Waals surface area contributed by atoms with E-state index in [2.05, 4.69) is 83.3 Å². The highest BCUT2D eigenvalue weighted by Crippen LogP contribution is 2.38. The zero-order valence-corrected chi connectivity index (χ0v) is 18.0. The quantitative estimate of drug-likeness (QED) is 0.457. The standard InChI is InChI=1S/C27H33N/c1-18-12-23(15-25(13-18)27(3,4)5)26-16-22-11-10-21(14-24(22)17-28-26)19(2)20-8-6-7-9-20/h10-17,19-20H,6-9H2,1-5H3. The first-order chi connectivity index (χ1) is 13.3. The van der Waals surface area contributed by atoms with Crippen molar-refractivity contribution in [1.29, 1.82) is 0 Å². The predicted octanol–water partition coefficient (Wildman–Crippen LogP) is 7.80. The van der Waals surface area contributed by atoms with Crippen LogP contribution in [0.1, 0.15) is 76.0 Å². The van der Waals surface area contributed by atoms with Gasteiger partial charge in [0.15, 0.2) is 0 Å². The Morgan fingerprint density at radius 1 is 0.929 bits per heavy atom. The second kappa shape index (κ2) is 7.35. The lowest BCUT2D eigenvalue weighted by atomic mass is 9.84. The van der Waals surface area contributed by atoms with Gasteiger partial charge >= 0.3 is 0 Å². The Labute approximate surface area is 170 Å². The third-order valence-electron chi connectivity index (χ3n) is 6.62. The van der Waals surface area contributed by atoms with Crippen LogP contribution in [0.2, 0.25) is 0 Å². The Morgan fingerprint density at radius 2 is 1.68 bits per heavy atom. The molecule has 0 radical (unpaired) electrons. The van der Waals surface area contributed by atoms with Crippen molar-refractivity contribution in [1.82, 2.24) is 4.98 Å². The van der Waals surface area contributed by atoms with Crippen molar-refractivity contribution in [2.24, 2.45) is 5.92 Å². The molecule has 1 atom stereocenters.